The summed E-state index contributed by atoms with van der Waals surface area (Å²) >= 11 is 0. The van der Waals surface area contributed by atoms with Crippen LogP contribution in [0, 0.1) is 0 Å². The van der Waals surface area contributed by atoms with E-state index in [0.717, 1.165) is 18.8 Å². The lowest BCUT2D eigenvalue weighted by Gasteiger charge is -2.31. The summed E-state index contributed by atoms with van der Waals surface area (Å²) in [6, 6.07) is 5.11. The van der Waals surface area contributed by atoms with Crippen molar-refractivity contribution in [3.63, 3.8) is 0 Å². The monoisotopic (exact) mass is 350 g/mol. The van der Waals surface area contributed by atoms with Crippen molar-refractivity contribution in [2.45, 2.75) is 19.9 Å². The first kappa shape index (κ1) is 17.7. The molecular weight excluding hydrogens is 324 g/mol. The van der Waals surface area contributed by atoms with Crippen LogP contribution in [0.25, 0.3) is 0 Å². The molecule has 1 aromatic carbocycles. The third-order valence-electron chi connectivity index (χ3n) is 4.98. The fourth-order valence-corrected chi connectivity index (χ4v) is 3.19. The molecule has 2 heterocycles. The number of rotatable bonds is 2. The Morgan fingerprint density at radius 1 is 1.32 bits per heavy atom. The van der Waals surface area contributed by atoms with Gasteiger partial charge in [0, 0.05) is 50.8 Å². The fourth-order valence-electron chi connectivity index (χ4n) is 3.19. The van der Waals surface area contributed by atoms with Crippen molar-refractivity contribution in [2.75, 3.05) is 40.3 Å². The third-order valence-corrected chi connectivity index (χ3v) is 4.98. The average Bonchev–Trinajstić information content (AvgIpc) is 2.61. The van der Waals surface area contributed by atoms with Crippen molar-refractivity contribution in [2.24, 2.45) is 0 Å². The van der Waals surface area contributed by atoms with Gasteiger partial charge in [-0.15, -0.1) is 5.06 Å². The van der Waals surface area contributed by atoms with Crippen LogP contribution in [-0.2, 0) is 4.84 Å². The zero-order valence-corrected chi connectivity index (χ0v) is 15.2. The Kier molecular flexibility index (Phi) is 4.94. The molecule has 2 N–H and O–H groups in total. The van der Waals surface area contributed by atoms with E-state index in [9.17, 15) is 10.0 Å². The van der Waals surface area contributed by atoms with Gasteiger partial charge in [0.25, 0.3) is 5.71 Å². The molecule has 0 aromatic heterocycles. The molecule has 0 bridgehead atoms. The molecule has 0 radical (unpaired) electrons. The summed E-state index contributed by atoms with van der Waals surface area (Å²) in [5.74, 6) is 0.376. The number of fused-ring (bicyclic) bond motifs is 1. The number of ether oxygens (including phenoxy) is 1. The third kappa shape index (κ3) is 3.20. The number of carbonyl (C=O) groups is 1. The van der Waals surface area contributed by atoms with Gasteiger partial charge < -0.3 is 14.5 Å². The number of hydroxylamine groups is 1. The van der Waals surface area contributed by atoms with Crippen LogP contribution in [0.15, 0.2) is 18.2 Å². The van der Waals surface area contributed by atoms with Gasteiger partial charge in [0.2, 0.25) is 17.5 Å². The SMILES string of the molecule is CO[N+]1=C(C)C(C)[NH+](O)c2cccc(OC(=O)N3CCN(C)CC3)c21. The highest BCUT2D eigenvalue weighted by atomic mass is 16.7. The van der Waals surface area contributed by atoms with Crippen molar-refractivity contribution in [1.82, 2.24) is 9.80 Å². The van der Waals surface area contributed by atoms with Gasteiger partial charge in [-0.05, 0) is 13.1 Å². The lowest BCUT2D eigenvalue weighted by Crippen LogP contribution is -3.10. The molecule has 2 aliphatic rings. The number of amides is 1. The zero-order valence-electron chi connectivity index (χ0n) is 15.2. The second kappa shape index (κ2) is 6.99. The van der Waals surface area contributed by atoms with Gasteiger partial charge >= 0.3 is 11.8 Å². The number of likely N-dealkylation sites (N-methyl/N-ethyl adjacent to an activating group) is 1. The summed E-state index contributed by atoms with van der Waals surface area (Å²) in [5.41, 5.74) is 2.00. The van der Waals surface area contributed by atoms with E-state index in [1.807, 2.05) is 20.9 Å². The largest absolute Gasteiger partial charge is 0.415 e. The number of nitrogens with zero attached hydrogens (tertiary/aromatic N) is 3. The minimum Gasteiger partial charge on any atom is -0.403 e. The van der Waals surface area contributed by atoms with Crippen LogP contribution in [0.1, 0.15) is 13.8 Å². The second-order valence-corrected chi connectivity index (χ2v) is 6.54. The molecule has 1 fully saturated rings. The lowest BCUT2D eigenvalue weighted by atomic mass is 10.1. The molecule has 2 aliphatic heterocycles. The van der Waals surface area contributed by atoms with Gasteiger partial charge in [-0.3, -0.25) is 4.84 Å². The number of hydrogen-bond donors (Lipinski definition) is 2. The van der Waals surface area contributed by atoms with Crippen LogP contribution in [0.5, 0.6) is 5.75 Å². The van der Waals surface area contributed by atoms with E-state index >= 15 is 0 Å². The molecule has 25 heavy (non-hydrogen) atoms. The summed E-state index contributed by atoms with van der Waals surface area (Å²) in [7, 11) is 3.59. The van der Waals surface area contributed by atoms with E-state index in [-0.39, 0.29) is 17.2 Å². The van der Waals surface area contributed by atoms with Gasteiger partial charge in [0.1, 0.15) is 7.11 Å². The smallest absolute Gasteiger partial charge is 0.403 e. The maximum atomic E-state index is 12.5. The normalized spacial score (nSPS) is 24.1. The zero-order chi connectivity index (χ0) is 18.1. The number of benzene rings is 1. The number of carbonyl (C=O) groups excluding carboxylic acids is 1. The van der Waals surface area contributed by atoms with E-state index in [4.69, 9.17) is 9.57 Å². The molecule has 0 saturated carbocycles. The summed E-state index contributed by atoms with van der Waals surface area (Å²) < 4.78 is 7.28. The Labute approximate surface area is 147 Å². The molecule has 2 unspecified atom stereocenters. The maximum Gasteiger partial charge on any atom is 0.415 e. The molecule has 1 saturated heterocycles. The molecule has 136 valence electrons. The summed E-state index contributed by atoms with van der Waals surface area (Å²) in [6.45, 7) is 6.71. The van der Waals surface area contributed by atoms with Crippen LogP contribution in [0.3, 0.4) is 0 Å². The van der Waals surface area contributed by atoms with Crippen molar-refractivity contribution in [3.05, 3.63) is 18.2 Å². The molecule has 1 amide bonds. The Balaban J connectivity index is 1.91. The summed E-state index contributed by atoms with van der Waals surface area (Å²) in [4.78, 5) is 21.9. The number of hydrogen-bond acceptors (Lipinski definition) is 5. The second-order valence-electron chi connectivity index (χ2n) is 6.54. The first-order chi connectivity index (χ1) is 11.9. The summed E-state index contributed by atoms with van der Waals surface area (Å²) in [6.07, 6.45) is -0.381. The standard InChI is InChI=1S/C17H25N4O4/c1-12-13(2)21(24-4)16-14(20(12)23)6-5-7-15(16)25-17(22)19-10-8-18(3)9-11-19/h5-7,12,23H,8-11H2,1-4H3/q+1/p+1. The Bertz CT molecular complexity index is 698. The Morgan fingerprint density at radius 3 is 2.64 bits per heavy atom. The first-order valence-electron chi connectivity index (χ1n) is 8.46. The molecular formula is C17H26N4O4+2. The van der Waals surface area contributed by atoms with Crippen molar-refractivity contribution in [1.29, 1.82) is 0 Å². The molecule has 1 aromatic rings. The Hall–Kier alpha value is -2.16. The van der Waals surface area contributed by atoms with Crippen molar-refractivity contribution >= 4 is 23.2 Å². The predicted molar refractivity (Wildman–Crippen MR) is 91.0 cm³/mol. The predicted octanol–water partition coefficient (Wildman–Crippen LogP) is 0.407. The van der Waals surface area contributed by atoms with Crippen LogP contribution in [0.4, 0.5) is 16.2 Å². The summed E-state index contributed by atoms with van der Waals surface area (Å²) in [5, 5.41) is 10.8. The van der Waals surface area contributed by atoms with E-state index in [2.05, 4.69) is 4.90 Å². The van der Waals surface area contributed by atoms with Crippen LogP contribution >= 0.6 is 0 Å². The molecule has 0 aliphatic carbocycles. The Morgan fingerprint density at radius 2 is 2.00 bits per heavy atom. The van der Waals surface area contributed by atoms with Gasteiger partial charge in [0.05, 0.1) is 0 Å². The average molecular weight is 350 g/mol. The number of piperazine rings is 1. The van der Waals surface area contributed by atoms with Gasteiger partial charge in [-0.1, -0.05) is 6.07 Å². The van der Waals surface area contributed by atoms with Crippen LogP contribution in [-0.4, -0.2) is 77.9 Å². The number of para-hydroxylation sites is 1. The maximum absolute atomic E-state index is 12.5. The number of quaternary nitrogens is 1. The quantitative estimate of drug-likeness (QED) is 0.756. The van der Waals surface area contributed by atoms with Crippen LogP contribution in [0.2, 0.25) is 0 Å². The highest BCUT2D eigenvalue weighted by Crippen LogP contribution is 2.35. The van der Waals surface area contributed by atoms with Gasteiger partial charge in [-0.25, -0.2) is 10.0 Å². The lowest BCUT2D eigenvalue weighted by molar-refractivity contribution is -1.05. The van der Waals surface area contributed by atoms with Gasteiger partial charge in [-0.2, -0.15) is 0 Å². The molecule has 0 spiro atoms. The first-order valence-corrected chi connectivity index (χ1v) is 8.46. The molecule has 8 nitrogen and oxygen atoms in total. The number of nitrogens with one attached hydrogen (secondary N) is 1. The fraction of sp³-hybridized carbons (Fsp3) is 0.529. The van der Waals surface area contributed by atoms with E-state index < -0.39 is 0 Å². The van der Waals surface area contributed by atoms with E-state index in [0.29, 0.717) is 30.2 Å². The highest BCUT2D eigenvalue weighted by Gasteiger charge is 2.44. The van der Waals surface area contributed by atoms with E-state index in [1.165, 1.54) is 0 Å². The minimum absolute atomic E-state index is 0.170. The van der Waals surface area contributed by atoms with Crippen molar-refractivity contribution in [3.8, 4) is 5.75 Å². The highest BCUT2D eigenvalue weighted by molar-refractivity contribution is 5.85. The molecule has 8 heteroatoms. The molecule has 3 rings (SSSR count). The topological polar surface area (TPSA) is 69.7 Å². The van der Waals surface area contributed by atoms with Crippen LogP contribution < -0.4 is 9.80 Å². The van der Waals surface area contributed by atoms with Crippen molar-refractivity contribution < 1.29 is 29.4 Å². The van der Waals surface area contributed by atoms with E-state index in [1.54, 1.807) is 34.9 Å². The van der Waals surface area contributed by atoms with Gasteiger partial charge in [0.15, 0.2) is 0 Å². The molecule has 2 atom stereocenters. The minimum atomic E-state index is -0.381.